The van der Waals surface area contributed by atoms with Crippen molar-refractivity contribution < 1.29 is 19.1 Å². The summed E-state index contributed by atoms with van der Waals surface area (Å²) in [6.45, 7) is 6.02. The summed E-state index contributed by atoms with van der Waals surface area (Å²) in [5.41, 5.74) is 4.50. The second-order valence-electron chi connectivity index (χ2n) is 7.03. The monoisotopic (exact) mass is 410 g/mol. The summed E-state index contributed by atoms with van der Waals surface area (Å²) in [7, 11) is 0. The van der Waals surface area contributed by atoms with Gasteiger partial charge in [0.05, 0.1) is 6.21 Å². The minimum Gasteiger partial charge on any atom is -0.484 e. The smallest absolute Gasteiger partial charge is 0.329 e. The van der Waals surface area contributed by atoms with Crippen molar-refractivity contribution in [2.75, 3.05) is 18.5 Å². The van der Waals surface area contributed by atoms with Gasteiger partial charge in [-0.05, 0) is 42.2 Å². The van der Waals surface area contributed by atoms with Crippen molar-refractivity contribution in [3.8, 4) is 5.75 Å². The average molecular weight is 410 g/mol. The summed E-state index contributed by atoms with van der Waals surface area (Å²) in [5.74, 6) is -1.14. The molecule has 0 aromatic heterocycles. The molecule has 3 amide bonds. The normalized spacial score (nSPS) is 10.7. The zero-order valence-corrected chi connectivity index (χ0v) is 17.3. The van der Waals surface area contributed by atoms with Crippen LogP contribution in [0, 0.1) is 12.8 Å². The van der Waals surface area contributed by atoms with Gasteiger partial charge in [-0.2, -0.15) is 5.10 Å². The number of hydrogen-bond donors (Lipinski definition) is 3. The van der Waals surface area contributed by atoms with E-state index in [1.807, 2.05) is 45.0 Å². The van der Waals surface area contributed by atoms with Crippen molar-refractivity contribution in [2.24, 2.45) is 11.0 Å². The fourth-order valence-electron chi connectivity index (χ4n) is 2.33. The summed E-state index contributed by atoms with van der Waals surface area (Å²) in [6.07, 6.45) is 1.38. The number of anilines is 1. The Balaban J connectivity index is 1.83. The minimum absolute atomic E-state index is 0.151. The second kappa shape index (κ2) is 11.4. The number of carbonyl (C=O) groups excluding carboxylic acids is 3. The van der Waals surface area contributed by atoms with Crippen LogP contribution in [-0.4, -0.2) is 37.1 Å². The molecule has 0 unspecified atom stereocenters. The van der Waals surface area contributed by atoms with Gasteiger partial charge in [-0.3, -0.25) is 14.4 Å². The van der Waals surface area contributed by atoms with Crippen molar-refractivity contribution in [1.82, 2.24) is 10.7 Å². The van der Waals surface area contributed by atoms with E-state index in [-0.39, 0.29) is 18.4 Å². The van der Waals surface area contributed by atoms with Crippen molar-refractivity contribution in [1.29, 1.82) is 0 Å². The van der Waals surface area contributed by atoms with Crippen molar-refractivity contribution in [2.45, 2.75) is 20.8 Å². The lowest BCUT2D eigenvalue weighted by Crippen LogP contribution is -2.39. The summed E-state index contributed by atoms with van der Waals surface area (Å²) in [4.78, 5) is 35.3. The Morgan fingerprint density at radius 3 is 2.57 bits per heavy atom. The summed E-state index contributed by atoms with van der Waals surface area (Å²) >= 11 is 0. The summed E-state index contributed by atoms with van der Waals surface area (Å²) in [6, 6.07) is 14.3. The van der Waals surface area contributed by atoms with Gasteiger partial charge in [-0.15, -0.1) is 0 Å². The number of amides is 3. The highest BCUT2D eigenvalue weighted by Crippen LogP contribution is 2.14. The molecule has 0 bridgehead atoms. The zero-order valence-electron chi connectivity index (χ0n) is 17.3. The molecule has 8 nitrogen and oxygen atoms in total. The molecule has 0 radical (unpaired) electrons. The summed E-state index contributed by atoms with van der Waals surface area (Å²) in [5, 5.41) is 9.07. The van der Waals surface area contributed by atoms with Crippen LogP contribution in [0.25, 0.3) is 0 Å². The molecular weight excluding hydrogens is 384 g/mol. The average Bonchev–Trinajstić information content (AvgIpc) is 2.72. The zero-order chi connectivity index (χ0) is 21.9. The van der Waals surface area contributed by atoms with Gasteiger partial charge in [-0.1, -0.05) is 44.2 Å². The molecule has 0 aliphatic rings. The Kier molecular flexibility index (Phi) is 8.56. The molecular formula is C22H26N4O4. The van der Waals surface area contributed by atoms with Gasteiger partial charge in [0.2, 0.25) is 0 Å². The van der Waals surface area contributed by atoms with E-state index in [0.717, 1.165) is 11.3 Å². The fourth-order valence-corrected chi connectivity index (χ4v) is 2.33. The van der Waals surface area contributed by atoms with Crippen LogP contribution in [0.5, 0.6) is 5.75 Å². The molecule has 0 spiro atoms. The van der Waals surface area contributed by atoms with E-state index in [4.69, 9.17) is 4.74 Å². The minimum atomic E-state index is -0.841. The van der Waals surface area contributed by atoms with Gasteiger partial charge in [0.1, 0.15) is 5.75 Å². The number of aryl methyl sites for hydroxylation is 1. The molecule has 0 aliphatic carbocycles. The fraction of sp³-hybridized carbons (Fsp3) is 0.273. The number of carbonyl (C=O) groups is 3. The SMILES string of the molecule is Cc1ccccc1NC(=O)COc1cccc(/C=N\NC(=O)C(=O)NCC(C)C)c1. The van der Waals surface area contributed by atoms with Gasteiger partial charge >= 0.3 is 11.8 Å². The van der Waals surface area contributed by atoms with Crippen LogP contribution in [0.3, 0.4) is 0 Å². The molecule has 0 saturated heterocycles. The third-order valence-corrected chi connectivity index (χ3v) is 3.90. The highest BCUT2D eigenvalue weighted by molar-refractivity contribution is 6.35. The Morgan fingerprint density at radius 1 is 1.07 bits per heavy atom. The lowest BCUT2D eigenvalue weighted by molar-refractivity contribution is -0.139. The van der Waals surface area contributed by atoms with Crippen LogP contribution < -0.4 is 20.8 Å². The predicted molar refractivity (Wildman–Crippen MR) is 115 cm³/mol. The number of nitrogens with one attached hydrogen (secondary N) is 3. The topological polar surface area (TPSA) is 109 Å². The second-order valence-corrected chi connectivity index (χ2v) is 7.03. The molecule has 0 fully saturated rings. The molecule has 30 heavy (non-hydrogen) atoms. The first kappa shape index (κ1) is 22.6. The molecule has 0 atom stereocenters. The van der Waals surface area contributed by atoms with Crippen LogP contribution in [0.4, 0.5) is 5.69 Å². The Morgan fingerprint density at radius 2 is 1.83 bits per heavy atom. The maximum Gasteiger partial charge on any atom is 0.329 e. The van der Waals surface area contributed by atoms with Crippen LogP contribution in [0.2, 0.25) is 0 Å². The predicted octanol–water partition coefficient (Wildman–Crippen LogP) is 2.23. The Labute approximate surface area is 175 Å². The van der Waals surface area contributed by atoms with Crippen molar-refractivity contribution in [3.63, 3.8) is 0 Å². The first-order chi connectivity index (χ1) is 14.3. The van der Waals surface area contributed by atoms with E-state index >= 15 is 0 Å². The highest BCUT2D eigenvalue weighted by atomic mass is 16.5. The van der Waals surface area contributed by atoms with Crippen LogP contribution in [0.15, 0.2) is 53.6 Å². The molecule has 2 aromatic rings. The molecule has 8 heteroatoms. The number of rotatable bonds is 8. The van der Waals surface area contributed by atoms with E-state index < -0.39 is 11.8 Å². The lowest BCUT2D eigenvalue weighted by atomic mass is 10.2. The van der Waals surface area contributed by atoms with Gasteiger partial charge in [0, 0.05) is 12.2 Å². The van der Waals surface area contributed by atoms with Crippen LogP contribution in [0.1, 0.15) is 25.0 Å². The molecule has 0 heterocycles. The van der Waals surface area contributed by atoms with Crippen molar-refractivity contribution in [3.05, 3.63) is 59.7 Å². The van der Waals surface area contributed by atoms with E-state index in [2.05, 4.69) is 21.2 Å². The van der Waals surface area contributed by atoms with E-state index in [9.17, 15) is 14.4 Å². The first-order valence-corrected chi connectivity index (χ1v) is 9.54. The van der Waals surface area contributed by atoms with Crippen LogP contribution in [-0.2, 0) is 14.4 Å². The molecule has 0 saturated carbocycles. The van der Waals surface area contributed by atoms with Gasteiger partial charge < -0.3 is 15.4 Å². The highest BCUT2D eigenvalue weighted by Gasteiger charge is 2.12. The van der Waals surface area contributed by atoms with E-state index in [1.165, 1.54) is 6.21 Å². The summed E-state index contributed by atoms with van der Waals surface area (Å²) < 4.78 is 5.52. The standard InChI is InChI=1S/C22H26N4O4/c1-15(2)12-23-21(28)22(29)26-24-13-17-8-6-9-18(11-17)30-14-20(27)25-19-10-5-4-7-16(19)3/h4-11,13,15H,12,14H2,1-3H3,(H,23,28)(H,25,27)(H,26,29)/b24-13-. The first-order valence-electron chi connectivity index (χ1n) is 9.54. The molecule has 0 aliphatic heterocycles. The van der Waals surface area contributed by atoms with Gasteiger partial charge in [0.15, 0.2) is 6.61 Å². The number of para-hydroxylation sites is 1. The van der Waals surface area contributed by atoms with E-state index in [1.54, 1.807) is 24.3 Å². The lowest BCUT2D eigenvalue weighted by Gasteiger charge is -2.09. The number of hydrazone groups is 1. The third kappa shape index (κ3) is 7.75. The quantitative estimate of drug-likeness (QED) is 0.352. The molecule has 2 aromatic carbocycles. The number of hydrogen-bond acceptors (Lipinski definition) is 5. The van der Waals surface area contributed by atoms with E-state index in [0.29, 0.717) is 17.9 Å². The maximum absolute atomic E-state index is 12.1. The maximum atomic E-state index is 12.1. The Hall–Kier alpha value is -3.68. The molecule has 2 rings (SSSR count). The Bertz CT molecular complexity index is 925. The molecule has 3 N–H and O–H groups in total. The molecule has 158 valence electrons. The largest absolute Gasteiger partial charge is 0.484 e. The number of benzene rings is 2. The van der Waals surface area contributed by atoms with Gasteiger partial charge in [-0.25, -0.2) is 5.43 Å². The van der Waals surface area contributed by atoms with Crippen LogP contribution >= 0.6 is 0 Å². The number of ether oxygens (including phenoxy) is 1. The number of nitrogens with zero attached hydrogens (tertiary/aromatic N) is 1. The third-order valence-electron chi connectivity index (χ3n) is 3.90. The van der Waals surface area contributed by atoms with Crippen molar-refractivity contribution >= 4 is 29.6 Å². The van der Waals surface area contributed by atoms with Gasteiger partial charge in [0.25, 0.3) is 5.91 Å².